The van der Waals surface area contributed by atoms with E-state index in [1.807, 2.05) is 0 Å². The molecule has 1 aliphatic rings. The third-order valence-corrected chi connectivity index (χ3v) is 5.24. The number of benzene rings is 2. The van der Waals surface area contributed by atoms with Crippen molar-refractivity contribution in [3.05, 3.63) is 81.6 Å². The van der Waals surface area contributed by atoms with Crippen LogP contribution < -0.4 is 4.90 Å². The van der Waals surface area contributed by atoms with Gasteiger partial charge in [0.15, 0.2) is 0 Å². The lowest BCUT2D eigenvalue weighted by atomic mass is 9.95. The summed E-state index contributed by atoms with van der Waals surface area (Å²) in [6.45, 7) is 0. The van der Waals surface area contributed by atoms with Gasteiger partial charge < -0.3 is 5.11 Å². The first-order valence-electron chi connectivity index (χ1n) is 8.06. The molecular weight excluding hydrogens is 405 g/mol. The predicted octanol–water partition coefficient (Wildman–Crippen LogP) is 3.96. The minimum Gasteiger partial charge on any atom is -0.507 e. The fraction of sp³-hybridized carbons (Fsp3) is 0.0526. The molecule has 9 heteroatoms. The van der Waals surface area contributed by atoms with Crippen molar-refractivity contribution in [2.45, 2.75) is 6.04 Å². The van der Waals surface area contributed by atoms with Gasteiger partial charge in [-0.1, -0.05) is 35.1 Å². The summed E-state index contributed by atoms with van der Waals surface area (Å²) in [5.41, 5.74) is 2.10. The van der Waals surface area contributed by atoms with Gasteiger partial charge in [-0.15, -0.1) is 10.2 Å². The summed E-state index contributed by atoms with van der Waals surface area (Å²) >= 11 is 7.05. The Bertz CT molecular complexity index is 1080. The summed E-state index contributed by atoms with van der Waals surface area (Å²) in [5, 5.41) is 19.1. The SMILES string of the molecule is O=C1C(=O)N(c2nncs2)[C@@H](c2ccc(Cl)cc2)C1=C(O)c1ccc(F)cc1. The van der Waals surface area contributed by atoms with Crippen LogP contribution in [-0.2, 0) is 9.59 Å². The number of carbonyl (C=O) groups excluding carboxylic acids is 2. The lowest BCUT2D eigenvalue weighted by Crippen LogP contribution is -2.29. The van der Waals surface area contributed by atoms with E-state index in [9.17, 15) is 19.1 Å². The average Bonchev–Trinajstić information content (AvgIpc) is 3.30. The van der Waals surface area contributed by atoms with E-state index in [-0.39, 0.29) is 16.3 Å². The van der Waals surface area contributed by atoms with Crippen LogP contribution in [0.4, 0.5) is 9.52 Å². The molecule has 1 atom stereocenters. The van der Waals surface area contributed by atoms with Gasteiger partial charge in [0.1, 0.15) is 17.1 Å². The first-order valence-corrected chi connectivity index (χ1v) is 9.31. The number of Topliss-reactive ketones (excluding diaryl/α,β-unsaturated/α-hetero) is 1. The second-order valence-corrected chi connectivity index (χ2v) is 7.20. The molecule has 0 unspecified atom stereocenters. The molecule has 1 N–H and O–H groups in total. The number of aliphatic hydroxyl groups excluding tert-OH is 1. The van der Waals surface area contributed by atoms with Crippen molar-refractivity contribution >= 4 is 45.5 Å². The number of hydrogen-bond donors (Lipinski definition) is 1. The number of aromatic nitrogens is 2. The monoisotopic (exact) mass is 415 g/mol. The number of carbonyl (C=O) groups is 2. The maximum absolute atomic E-state index is 13.2. The Balaban J connectivity index is 1.93. The highest BCUT2D eigenvalue weighted by Crippen LogP contribution is 2.42. The van der Waals surface area contributed by atoms with Crippen LogP contribution in [0.5, 0.6) is 0 Å². The third-order valence-electron chi connectivity index (χ3n) is 4.30. The molecule has 2 aromatic carbocycles. The molecule has 0 spiro atoms. The second-order valence-electron chi connectivity index (χ2n) is 5.95. The molecule has 0 bridgehead atoms. The molecule has 4 rings (SSSR count). The van der Waals surface area contributed by atoms with Crippen molar-refractivity contribution in [2.75, 3.05) is 4.90 Å². The highest BCUT2D eigenvalue weighted by Gasteiger charge is 2.48. The van der Waals surface area contributed by atoms with Gasteiger partial charge in [-0.3, -0.25) is 14.5 Å². The smallest absolute Gasteiger partial charge is 0.301 e. The maximum Gasteiger partial charge on any atom is 0.301 e. The normalized spacial score (nSPS) is 18.6. The summed E-state index contributed by atoms with van der Waals surface area (Å²) < 4.78 is 13.2. The Morgan fingerprint density at radius 3 is 2.39 bits per heavy atom. The standard InChI is InChI=1S/C19H11ClFN3O3S/c20-12-5-1-10(2-6-12)15-14(16(25)11-3-7-13(21)8-4-11)17(26)18(27)24(15)19-23-22-9-28-19/h1-9,15,25H/t15-/m0/s1. The van der Waals surface area contributed by atoms with Crippen molar-refractivity contribution in [2.24, 2.45) is 0 Å². The Kier molecular flexibility index (Phi) is 4.66. The third kappa shape index (κ3) is 3.06. The van der Waals surface area contributed by atoms with Crippen LogP contribution in [0.1, 0.15) is 17.2 Å². The summed E-state index contributed by atoms with van der Waals surface area (Å²) in [6.07, 6.45) is 0. The number of halogens is 2. The van der Waals surface area contributed by atoms with E-state index in [0.29, 0.717) is 10.6 Å². The van der Waals surface area contributed by atoms with Crippen LogP contribution in [0.15, 0.2) is 59.6 Å². The topological polar surface area (TPSA) is 83.4 Å². The van der Waals surface area contributed by atoms with Gasteiger partial charge in [0.05, 0.1) is 11.6 Å². The molecular formula is C19H11ClFN3O3S. The Labute approximate surface area is 167 Å². The Morgan fingerprint density at radius 2 is 1.79 bits per heavy atom. The van der Waals surface area contributed by atoms with Crippen LogP contribution in [-0.4, -0.2) is 27.0 Å². The van der Waals surface area contributed by atoms with E-state index in [2.05, 4.69) is 10.2 Å². The molecule has 1 aromatic heterocycles. The molecule has 1 aliphatic heterocycles. The lowest BCUT2D eigenvalue weighted by molar-refractivity contribution is -0.132. The van der Waals surface area contributed by atoms with E-state index in [1.165, 1.54) is 22.5 Å². The van der Waals surface area contributed by atoms with E-state index < -0.39 is 29.3 Å². The van der Waals surface area contributed by atoms with Gasteiger partial charge >= 0.3 is 5.91 Å². The molecule has 3 aromatic rings. The summed E-state index contributed by atoms with van der Waals surface area (Å²) in [4.78, 5) is 26.7. The number of anilines is 1. The number of hydrogen-bond acceptors (Lipinski definition) is 6. The van der Waals surface area contributed by atoms with Crippen molar-refractivity contribution in [3.63, 3.8) is 0 Å². The largest absolute Gasteiger partial charge is 0.507 e. The number of aliphatic hydroxyl groups is 1. The van der Waals surface area contributed by atoms with E-state index in [0.717, 1.165) is 23.5 Å². The van der Waals surface area contributed by atoms with Crippen molar-refractivity contribution in [1.29, 1.82) is 0 Å². The number of rotatable bonds is 3. The van der Waals surface area contributed by atoms with Gasteiger partial charge in [-0.25, -0.2) is 4.39 Å². The van der Waals surface area contributed by atoms with E-state index >= 15 is 0 Å². The van der Waals surface area contributed by atoms with Crippen molar-refractivity contribution in [3.8, 4) is 0 Å². The Morgan fingerprint density at radius 1 is 1.11 bits per heavy atom. The van der Waals surface area contributed by atoms with Gasteiger partial charge in [0, 0.05) is 10.6 Å². The van der Waals surface area contributed by atoms with Crippen LogP contribution in [0.3, 0.4) is 0 Å². The first kappa shape index (κ1) is 18.3. The molecule has 0 saturated carbocycles. The molecule has 6 nitrogen and oxygen atoms in total. The van der Waals surface area contributed by atoms with Gasteiger partial charge in [-0.2, -0.15) is 0 Å². The molecule has 1 amide bonds. The molecule has 140 valence electrons. The number of ketones is 1. The molecule has 2 heterocycles. The van der Waals surface area contributed by atoms with Crippen LogP contribution in [0.2, 0.25) is 5.02 Å². The number of nitrogens with zero attached hydrogens (tertiary/aromatic N) is 3. The Hall–Kier alpha value is -3.10. The van der Waals surface area contributed by atoms with E-state index in [4.69, 9.17) is 11.6 Å². The maximum atomic E-state index is 13.2. The molecule has 1 fully saturated rings. The molecule has 28 heavy (non-hydrogen) atoms. The zero-order valence-corrected chi connectivity index (χ0v) is 15.6. The zero-order chi connectivity index (χ0) is 19.8. The highest BCUT2D eigenvalue weighted by atomic mass is 35.5. The van der Waals surface area contributed by atoms with E-state index in [1.54, 1.807) is 24.3 Å². The second kappa shape index (κ2) is 7.14. The summed E-state index contributed by atoms with van der Waals surface area (Å²) in [7, 11) is 0. The molecule has 1 saturated heterocycles. The average molecular weight is 416 g/mol. The van der Waals surface area contributed by atoms with Crippen LogP contribution in [0.25, 0.3) is 5.76 Å². The minimum absolute atomic E-state index is 0.117. The summed E-state index contributed by atoms with van der Waals surface area (Å²) in [6, 6.07) is 10.6. The molecule has 0 aliphatic carbocycles. The fourth-order valence-corrected chi connectivity index (χ4v) is 3.74. The van der Waals surface area contributed by atoms with Crippen molar-refractivity contribution < 1.29 is 19.1 Å². The fourth-order valence-electron chi connectivity index (χ4n) is 3.03. The zero-order valence-electron chi connectivity index (χ0n) is 14.0. The van der Waals surface area contributed by atoms with Gasteiger partial charge in [-0.05, 0) is 42.0 Å². The summed E-state index contributed by atoms with van der Waals surface area (Å²) in [5.74, 6) is -2.58. The molecule has 0 radical (unpaired) electrons. The predicted molar refractivity (Wildman–Crippen MR) is 103 cm³/mol. The van der Waals surface area contributed by atoms with Gasteiger partial charge in [0.2, 0.25) is 5.13 Å². The highest BCUT2D eigenvalue weighted by molar-refractivity contribution is 7.13. The quantitative estimate of drug-likeness (QED) is 0.397. The lowest BCUT2D eigenvalue weighted by Gasteiger charge is -2.22. The first-order chi connectivity index (χ1) is 13.5. The number of amides is 1. The van der Waals surface area contributed by atoms with Gasteiger partial charge in [0.25, 0.3) is 5.78 Å². The van der Waals surface area contributed by atoms with Crippen LogP contribution in [0, 0.1) is 5.82 Å². The van der Waals surface area contributed by atoms with Crippen LogP contribution >= 0.6 is 22.9 Å². The minimum atomic E-state index is -0.921. The van der Waals surface area contributed by atoms with Crippen molar-refractivity contribution in [1.82, 2.24) is 10.2 Å².